The van der Waals surface area contributed by atoms with Crippen LogP contribution in [0.5, 0.6) is 0 Å². The second-order valence-corrected chi connectivity index (χ2v) is 4.47. The summed E-state index contributed by atoms with van der Waals surface area (Å²) in [4.78, 5) is 15.7. The quantitative estimate of drug-likeness (QED) is 0.818. The lowest BCUT2D eigenvalue weighted by Gasteiger charge is -1.98. The molecule has 0 aliphatic rings. The van der Waals surface area contributed by atoms with E-state index in [4.69, 9.17) is 4.52 Å². The summed E-state index contributed by atoms with van der Waals surface area (Å²) in [5.41, 5.74) is 2.05. The average molecular weight is 271 g/mol. The predicted molar refractivity (Wildman–Crippen MR) is 76.0 cm³/mol. The Morgan fingerprint density at radius 2 is 2.35 bits per heavy atom. The van der Waals surface area contributed by atoms with Gasteiger partial charge in [-0.15, -0.1) is 6.58 Å². The number of aryl methyl sites for hydroxylation is 2. The van der Waals surface area contributed by atoms with Gasteiger partial charge in [0.25, 0.3) is 0 Å². The van der Waals surface area contributed by atoms with Gasteiger partial charge in [0.1, 0.15) is 0 Å². The Labute approximate surface area is 117 Å². The molecule has 0 fully saturated rings. The smallest absolute Gasteiger partial charge is 0.227 e. The van der Waals surface area contributed by atoms with Crippen LogP contribution in [0, 0.1) is 6.92 Å². The number of rotatable bonds is 6. The molecule has 1 heterocycles. The molecule has 0 radical (unpaired) electrons. The molecular weight excluding hydrogens is 254 g/mol. The fourth-order valence-corrected chi connectivity index (χ4v) is 1.75. The first kappa shape index (κ1) is 14.0. The molecule has 0 aliphatic heterocycles. The fourth-order valence-electron chi connectivity index (χ4n) is 1.75. The largest absolute Gasteiger partial charge is 0.353 e. The summed E-state index contributed by atoms with van der Waals surface area (Å²) >= 11 is 0. The van der Waals surface area contributed by atoms with E-state index in [2.05, 4.69) is 22.0 Å². The molecule has 0 unspecified atom stereocenters. The first-order valence-electron chi connectivity index (χ1n) is 6.46. The van der Waals surface area contributed by atoms with Crippen molar-refractivity contribution in [1.82, 2.24) is 15.5 Å². The highest BCUT2D eigenvalue weighted by molar-refractivity contribution is 5.76. The fraction of sp³-hybridized carbons (Fsp3) is 0.267. The van der Waals surface area contributed by atoms with Crippen LogP contribution in [0.3, 0.4) is 0 Å². The highest BCUT2D eigenvalue weighted by Gasteiger charge is 2.10. The molecule has 1 amide bonds. The van der Waals surface area contributed by atoms with Crippen molar-refractivity contribution >= 4 is 5.91 Å². The molecule has 1 N–H and O–H groups in total. The first-order valence-corrected chi connectivity index (χ1v) is 6.46. The van der Waals surface area contributed by atoms with Crippen LogP contribution >= 0.6 is 0 Å². The summed E-state index contributed by atoms with van der Waals surface area (Å²) in [5, 5.41) is 6.64. The van der Waals surface area contributed by atoms with Gasteiger partial charge in [-0.1, -0.05) is 35.0 Å². The molecule has 20 heavy (non-hydrogen) atoms. The van der Waals surface area contributed by atoms with Gasteiger partial charge in [0.05, 0.1) is 0 Å². The zero-order valence-corrected chi connectivity index (χ0v) is 11.4. The average Bonchev–Trinajstić information content (AvgIpc) is 2.92. The Balaban J connectivity index is 1.95. The Bertz CT molecular complexity index is 605. The van der Waals surface area contributed by atoms with Gasteiger partial charge in [0, 0.05) is 24.9 Å². The van der Waals surface area contributed by atoms with Crippen molar-refractivity contribution in [2.24, 2.45) is 0 Å². The van der Waals surface area contributed by atoms with Crippen molar-refractivity contribution in [3.8, 4) is 11.4 Å². The van der Waals surface area contributed by atoms with Crippen molar-refractivity contribution in [2.45, 2.75) is 19.8 Å². The van der Waals surface area contributed by atoms with Gasteiger partial charge >= 0.3 is 0 Å². The summed E-state index contributed by atoms with van der Waals surface area (Å²) < 4.78 is 5.15. The number of benzene rings is 1. The van der Waals surface area contributed by atoms with E-state index in [1.165, 1.54) is 0 Å². The molecule has 1 aromatic carbocycles. The number of aromatic nitrogens is 2. The summed E-state index contributed by atoms with van der Waals surface area (Å²) in [6.07, 6.45) is 2.39. The minimum atomic E-state index is -0.0554. The second kappa shape index (κ2) is 6.65. The topological polar surface area (TPSA) is 68.0 Å². The van der Waals surface area contributed by atoms with Crippen LogP contribution in [-0.2, 0) is 11.2 Å². The normalized spacial score (nSPS) is 10.2. The molecule has 5 nitrogen and oxygen atoms in total. The summed E-state index contributed by atoms with van der Waals surface area (Å²) in [5.74, 6) is 0.964. The van der Waals surface area contributed by atoms with E-state index < -0.39 is 0 Å². The molecule has 2 aromatic rings. The van der Waals surface area contributed by atoms with Gasteiger partial charge in [-0.2, -0.15) is 4.98 Å². The first-order chi connectivity index (χ1) is 9.69. The summed E-state index contributed by atoms with van der Waals surface area (Å²) in [6.45, 7) is 6.02. The predicted octanol–water partition coefficient (Wildman–Crippen LogP) is 2.28. The molecule has 0 bridgehead atoms. The Morgan fingerprint density at radius 3 is 3.10 bits per heavy atom. The zero-order valence-electron chi connectivity index (χ0n) is 11.4. The van der Waals surface area contributed by atoms with Gasteiger partial charge in [-0.25, -0.2) is 0 Å². The number of nitrogens with one attached hydrogen (secondary N) is 1. The number of amides is 1. The molecule has 0 saturated heterocycles. The third-order valence-electron chi connectivity index (χ3n) is 2.75. The van der Waals surface area contributed by atoms with Gasteiger partial charge in [0.15, 0.2) is 0 Å². The van der Waals surface area contributed by atoms with Crippen molar-refractivity contribution in [3.63, 3.8) is 0 Å². The van der Waals surface area contributed by atoms with Crippen LogP contribution in [0.4, 0.5) is 0 Å². The zero-order chi connectivity index (χ0) is 14.4. The molecule has 0 atom stereocenters. The monoisotopic (exact) mass is 271 g/mol. The van der Waals surface area contributed by atoms with E-state index >= 15 is 0 Å². The highest BCUT2D eigenvalue weighted by Crippen LogP contribution is 2.17. The molecular formula is C15H17N3O2. The van der Waals surface area contributed by atoms with Crippen LogP contribution in [0.2, 0.25) is 0 Å². The number of nitrogens with zero attached hydrogens (tertiary/aromatic N) is 2. The number of carbonyl (C=O) groups excluding carboxylic acids is 1. The Kier molecular flexibility index (Phi) is 4.65. The van der Waals surface area contributed by atoms with Crippen molar-refractivity contribution < 1.29 is 9.32 Å². The van der Waals surface area contributed by atoms with E-state index in [0.29, 0.717) is 31.1 Å². The molecule has 2 rings (SSSR count). The van der Waals surface area contributed by atoms with Gasteiger partial charge in [0.2, 0.25) is 17.6 Å². The molecule has 0 aliphatic carbocycles. The summed E-state index contributed by atoms with van der Waals surface area (Å²) in [6, 6.07) is 7.88. The molecule has 1 aromatic heterocycles. The van der Waals surface area contributed by atoms with Gasteiger partial charge < -0.3 is 9.84 Å². The van der Waals surface area contributed by atoms with Crippen LogP contribution in [0.15, 0.2) is 41.4 Å². The molecule has 104 valence electrons. The standard InChI is InChI=1S/C15H17N3O2/c1-3-9-16-13(19)7-8-14-17-15(18-20-14)12-6-4-5-11(2)10-12/h3-6,10H,1,7-9H2,2H3,(H,16,19). The highest BCUT2D eigenvalue weighted by atomic mass is 16.5. The maximum absolute atomic E-state index is 11.4. The lowest BCUT2D eigenvalue weighted by atomic mass is 10.1. The van der Waals surface area contributed by atoms with Crippen molar-refractivity contribution in [1.29, 1.82) is 0 Å². The van der Waals surface area contributed by atoms with Crippen LogP contribution in [0.1, 0.15) is 17.9 Å². The maximum atomic E-state index is 11.4. The number of hydrogen-bond donors (Lipinski definition) is 1. The Morgan fingerprint density at radius 1 is 1.50 bits per heavy atom. The Hall–Kier alpha value is -2.43. The summed E-state index contributed by atoms with van der Waals surface area (Å²) in [7, 11) is 0. The van der Waals surface area contributed by atoms with Crippen LogP contribution in [-0.4, -0.2) is 22.6 Å². The number of hydrogen-bond acceptors (Lipinski definition) is 4. The molecule has 0 saturated carbocycles. The van der Waals surface area contributed by atoms with Crippen molar-refractivity contribution in [2.75, 3.05) is 6.54 Å². The minimum Gasteiger partial charge on any atom is -0.353 e. The van der Waals surface area contributed by atoms with E-state index in [0.717, 1.165) is 11.1 Å². The minimum absolute atomic E-state index is 0.0554. The van der Waals surface area contributed by atoms with E-state index in [1.54, 1.807) is 6.08 Å². The van der Waals surface area contributed by atoms with E-state index in [-0.39, 0.29) is 5.91 Å². The molecule has 0 spiro atoms. The molecule has 5 heteroatoms. The van der Waals surface area contributed by atoms with Crippen molar-refractivity contribution in [3.05, 3.63) is 48.4 Å². The number of carbonyl (C=O) groups is 1. The third-order valence-corrected chi connectivity index (χ3v) is 2.75. The van der Waals surface area contributed by atoms with Gasteiger partial charge in [-0.05, 0) is 13.0 Å². The van der Waals surface area contributed by atoms with Gasteiger partial charge in [-0.3, -0.25) is 4.79 Å². The van der Waals surface area contributed by atoms with Crippen LogP contribution in [0.25, 0.3) is 11.4 Å². The van der Waals surface area contributed by atoms with Crippen LogP contribution < -0.4 is 5.32 Å². The lowest BCUT2D eigenvalue weighted by molar-refractivity contribution is -0.120. The SMILES string of the molecule is C=CCNC(=O)CCc1nc(-c2cccc(C)c2)no1. The third kappa shape index (κ3) is 3.78. The van der Waals surface area contributed by atoms with E-state index in [1.807, 2.05) is 31.2 Å². The maximum Gasteiger partial charge on any atom is 0.227 e. The second-order valence-electron chi connectivity index (χ2n) is 4.47. The lowest BCUT2D eigenvalue weighted by Crippen LogP contribution is -2.23. The van der Waals surface area contributed by atoms with E-state index in [9.17, 15) is 4.79 Å².